The van der Waals surface area contributed by atoms with Crippen molar-refractivity contribution in [1.82, 2.24) is 14.8 Å². The summed E-state index contributed by atoms with van der Waals surface area (Å²) in [4.78, 5) is 15.4. The van der Waals surface area contributed by atoms with E-state index in [0.29, 0.717) is 11.5 Å². The second-order valence-corrected chi connectivity index (χ2v) is 7.13. The van der Waals surface area contributed by atoms with E-state index in [1.54, 1.807) is 6.07 Å². The first-order valence-electron chi connectivity index (χ1n) is 8.54. The van der Waals surface area contributed by atoms with Gasteiger partial charge >= 0.3 is 0 Å². The Morgan fingerprint density at radius 2 is 2.17 bits per heavy atom. The predicted octanol–water partition coefficient (Wildman–Crippen LogP) is 2.16. The van der Waals surface area contributed by atoms with E-state index in [9.17, 15) is 9.18 Å². The normalized spacial score (nSPS) is 28.5. The van der Waals surface area contributed by atoms with E-state index in [0.717, 1.165) is 55.6 Å². The molecule has 1 amide bonds. The van der Waals surface area contributed by atoms with E-state index in [1.165, 1.54) is 18.6 Å². The van der Waals surface area contributed by atoms with Crippen LogP contribution in [0.2, 0.25) is 0 Å². The molecular weight excluding hydrogens is 293 g/mol. The van der Waals surface area contributed by atoms with Crippen molar-refractivity contribution < 1.29 is 9.18 Å². The number of nitrogens with zero attached hydrogens (tertiary/aromatic N) is 2. The van der Waals surface area contributed by atoms with Gasteiger partial charge in [-0.1, -0.05) is 0 Å². The summed E-state index contributed by atoms with van der Waals surface area (Å²) in [5, 5.41) is 4.00. The first-order chi connectivity index (χ1) is 11.2. The van der Waals surface area contributed by atoms with Crippen LogP contribution in [0.25, 0.3) is 10.9 Å². The minimum absolute atomic E-state index is 0.0185. The van der Waals surface area contributed by atoms with Gasteiger partial charge in [0, 0.05) is 42.3 Å². The molecule has 0 spiro atoms. The molecule has 3 atom stereocenters. The molecular formula is C18H20FN3O. The molecule has 0 radical (unpaired) electrons. The quantitative estimate of drug-likeness (QED) is 0.922. The molecule has 2 fully saturated rings. The van der Waals surface area contributed by atoms with Gasteiger partial charge in [0.2, 0.25) is 0 Å². The van der Waals surface area contributed by atoms with Gasteiger partial charge in [-0.25, -0.2) is 4.39 Å². The summed E-state index contributed by atoms with van der Waals surface area (Å²) in [5.74, 6) is 0.287. The molecule has 5 heteroatoms. The Kier molecular flexibility index (Phi) is 2.83. The molecule has 23 heavy (non-hydrogen) atoms. The zero-order chi connectivity index (χ0) is 15.6. The third kappa shape index (κ3) is 1.96. The van der Waals surface area contributed by atoms with Crippen LogP contribution in [0.4, 0.5) is 4.39 Å². The zero-order valence-electron chi connectivity index (χ0n) is 13.0. The molecule has 1 aromatic carbocycles. The minimum Gasteiger partial charge on any atom is -0.348 e. The highest BCUT2D eigenvalue weighted by atomic mass is 19.1. The number of benzene rings is 1. The van der Waals surface area contributed by atoms with E-state index >= 15 is 0 Å². The summed E-state index contributed by atoms with van der Waals surface area (Å²) in [6, 6.07) is 5.05. The topological polar surface area (TPSA) is 37.3 Å². The lowest BCUT2D eigenvalue weighted by molar-refractivity contribution is 0.0925. The van der Waals surface area contributed by atoms with Gasteiger partial charge in [-0.15, -0.1) is 0 Å². The molecule has 0 aliphatic carbocycles. The number of halogens is 1. The van der Waals surface area contributed by atoms with Gasteiger partial charge in [-0.3, -0.25) is 4.79 Å². The lowest BCUT2D eigenvalue weighted by Gasteiger charge is -2.23. The number of piperidine rings is 1. The summed E-state index contributed by atoms with van der Waals surface area (Å²) in [7, 11) is 0. The number of hydrogen-bond acceptors (Lipinski definition) is 2. The highest BCUT2D eigenvalue weighted by molar-refractivity contribution is 6.08. The van der Waals surface area contributed by atoms with E-state index in [4.69, 9.17) is 0 Å². The molecule has 2 saturated heterocycles. The van der Waals surface area contributed by atoms with E-state index in [1.807, 2.05) is 0 Å². The summed E-state index contributed by atoms with van der Waals surface area (Å²) >= 11 is 0. The highest BCUT2D eigenvalue weighted by Crippen LogP contribution is 2.33. The van der Waals surface area contributed by atoms with Crippen LogP contribution in [-0.2, 0) is 13.0 Å². The third-order valence-corrected chi connectivity index (χ3v) is 5.80. The van der Waals surface area contributed by atoms with Crippen molar-refractivity contribution >= 4 is 16.8 Å². The Labute approximate surface area is 134 Å². The minimum atomic E-state index is -0.276. The summed E-state index contributed by atoms with van der Waals surface area (Å²) < 4.78 is 15.9. The maximum atomic E-state index is 13.7. The monoisotopic (exact) mass is 313 g/mol. The largest absolute Gasteiger partial charge is 0.348 e. The van der Waals surface area contributed by atoms with Crippen LogP contribution in [0.5, 0.6) is 0 Å². The average molecular weight is 313 g/mol. The lowest BCUT2D eigenvalue weighted by Crippen LogP contribution is -2.43. The van der Waals surface area contributed by atoms with Gasteiger partial charge in [0.1, 0.15) is 5.82 Å². The van der Waals surface area contributed by atoms with E-state index in [2.05, 4.69) is 14.8 Å². The Morgan fingerprint density at radius 1 is 1.26 bits per heavy atom. The molecule has 1 aromatic heterocycles. The molecule has 2 bridgehead atoms. The molecule has 3 unspecified atom stereocenters. The number of amides is 1. The van der Waals surface area contributed by atoms with Crippen LogP contribution >= 0.6 is 0 Å². The fourth-order valence-electron chi connectivity index (χ4n) is 4.74. The van der Waals surface area contributed by atoms with Crippen LogP contribution in [-0.4, -0.2) is 41.1 Å². The predicted molar refractivity (Wildman–Crippen MR) is 86.0 cm³/mol. The Bertz CT molecular complexity index is 812. The van der Waals surface area contributed by atoms with Gasteiger partial charge in [-0.05, 0) is 49.9 Å². The van der Waals surface area contributed by atoms with Crippen LogP contribution in [0.15, 0.2) is 18.2 Å². The number of aromatic nitrogens is 1. The molecule has 3 aliphatic rings. The smallest absolute Gasteiger partial charge is 0.254 e. The van der Waals surface area contributed by atoms with Crippen LogP contribution in [0, 0.1) is 11.7 Å². The Balaban J connectivity index is 1.54. The maximum absolute atomic E-state index is 13.7. The number of nitrogens with one attached hydrogen (secondary N) is 1. The van der Waals surface area contributed by atoms with E-state index in [-0.39, 0.29) is 17.8 Å². The summed E-state index contributed by atoms with van der Waals surface area (Å²) in [6.45, 7) is 4.14. The fourth-order valence-corrected chi connectivity index (χ4v) is 4.74. The number of fused-ring (bicyclic) bond motifs is 5. The van der Waals surface area contributed by atoms with Crippen molar-refractivity contribution in [2.75, 3.05) is 19.6 Å². The zero-order valence-corrected chi connectivity index (χ0v) is 13.0. The van der Waals surface area contributed by atoms with Crippen molar-refractivity contribution in [2.24, 2.45) is 5.92 Å². The molecule has 1 N–H and O–H groups in total. The second kappa shape index (κ2) is 4.81. The molecule has 0 saturated carbocycles. The number of carbonyl (C=O) groups is 1. The number of carbonyl (C=O) groups excluding carboxylic acids is 1. The molecule has 120 valence electrons. The van der Waals surface area contributed by atoms with Gasteiger partial charge in [0.05, 0.1) is 5.56 Å². The summed E-state index contributed by atoms with van der Waals surface area (Å²) in [5.41, 5.74) is 2.77. The average Bonchev–Trinajstić information content (AvgIpc) is 3.26. The first-order valence-corrected chi connectivity index (χ1v) is 8.54. The molecule has 3 aliphatic heterocycles. The number of rotatable bonds is 2. The van der Waals surface area contributed by atoms with Crippen molar-refractivity contribution in [3.05, 3.63) is 35.3 Å². The first kappa shape index (κ1) is 13.5. The highest BCUT2D eigenvalue weighted by Gasteiger charge is 2.39. The summed E-state index contributed by atoms with van der Waals surface area (Å²) in [6.07, 6.45) is 3.14. The van der Waals surface area contributed by atoms with Gasteiger partial charge < -0.3 is 14.8 Å². The van der Waals surface area contributed by atoms with Crippen molar-refractivity contribution in [1.29, 1.82) is 0 Å². The van der Waals surface area contributed by atoms with Gasteiger partial charge in [0.25, 0.3) is 5.91 Å². The third-order valence-electron chi connectivity index (χ3n) is 5.80. The standard InChI is InChI=1S/C18H20FN3O/c19-12-3-4-15-13(8-12)17(16-2-1-6-22(15)16)18(23)20-14-10-21-7-5-11(14)9-21/h3-4,8,11,14H,1-2,5-7,9-10H2,(H,20,23). The molecule has 5 rings (SSSR count). The Morgan fingerprint density at radius 3 is 2.96 bits per heavy atom. The maximum Gasteiger partial charge on any atom is 0.254 e. The van der Waals surface area contributed by atoms with Crippen molar-refractivity contribution in [2.45, 2.75) is 31.8 Å². The Hall–Kier alpha value is -1.88. The number of aryl methyl sites for hydroxylation is 1. The van der Waals surface area contributed by atoms with Crippen molar-refractivity contribution in [3.8, 4) is 0 Å². The number of hydrogen-bond donors (Lipinski definition) is 1. The van der Waals surface area contributed by atoms with Crippen molar-refractivity contribution in [3.63, 3.8) is 0 Å². The van der Waals surface area contributed by atoms with Crippen LogP contribution < -0.4 is 5.32 Å². The van der Waals surface area contributed by atoms with E-state index < -0.39 is 0 Å². The van der Waals surface area contributed by atoms with Crippen LogP contribution in [0.1, 0.15) is 28.9 Å². The molecule has 4 nitrogen and oxygen atoms in total. The lowest BCUT2D eigenvalue weighted by atomic mass is 9.99. The second-order valence-electron chi connectivity index (χ2n) is 7.13. The van der Waals surface area contributed by atoms with Crippen LogP contribution in [0.3, 0.4) is 0 Å². The molecule has 4 heterocycles. The fraction of sp³-hybridized carbons (Fsp3) is 0.500. The SMILES string of the molecule is O=C(NC1CN2CCC1C2)c1c2n(c3ccc(F)cc13)CCC2. The van der Waals surface area contributed by atoms with Gasteiger partial charge in [0.15, 0.2) is 0 Å². The van der Waals surface area contributed by atoms with Gasteiger partial charge in [-0.2, -0.15) is 0 Å². The molecule has 2 aromatic rings.